The Morgan fingerprint density at radius 2 is 1.92 bits per heavy atom. The van der Waals surface area contributed by atoms with Gasteiger partial charge in [0.1, 0.15) is 0 Å². The zero-order valence-corrected chi connectivity index (χ0v) is 7.78. The number of nitrogens with zero attached hydrogens (tertiary/aromatic N) is 1. The number of rotatable bonds is 3. The largest absolute Gasteiger partial charge is 0.368 e. The maximum absolute atomic E-state index is 10.7. The van der Waals surface area contributed by atoms with E-state index in [9.17, 15) is 4.79 Å². The van der Waals surface area contributed by atoms with Crippen LogP contribution in [0, 0.1) is 11.8 Å². The van der Waals surface area contributed by atoms with Crippen LogP contribution in [0.1, 0.15) is 12.8 Å². The molecule has 1 aliphatic heterocycles. The van der Waals surface area contributed by atoms with E-state index in [0.29, 0.717) is 6.54 Å². The van der Waals surface area contributed by atoms with Crippen molar-refractivity contribution in [1.82, 2.24) is 4.90 Å². The van der Waals surface area contributed by atoms with Crippen LogP contribution < -0.4 is 11.5 Å². The molecule has 1 amide bonds. The average molecular weight is 183 g/mol. The summed E-state index contributed by atoms with van der Waals surface area (Å²) in [5.74, 6) is 1.36. The third kappa shape index (κ3) is 1.69. The minimum Gasteiger partial charge on any atom is -0.368 e. The Kier molecular flexibility index (Phi) is 2.26. The van der Waals surface area contributed by atoms with E-state index in [1.165, 1.54) is 12.8 Å². The highest BCUT2D eigenvalue weighted by Crippen LogP contribution is 2.40. The highest BCUT2D eigenvalue weighted by Gasteiger charge is 2.39. The molecule has 4 heteroatoms. The maximum atomic E-state index is 10.7. The second-order valence-electron chi connectivity index (χ2n) is 4.32. The molecule has 2 rings (SSSR count). The minimum absolute atomic E-state index is 0.390. The van der Waals surface area contributed by atoms with Crippen LogP contribution in [0.3, 0.4) is 0 Å². The number of nitrogens with two attached hydrogens (primary N) is 2. The lowest BCUT2D eigenvalue weighted by Crippen LogP contribution is -2.45. The summed E-state index contributed by atoms with van der Waals surface area (Å²) in [6, 6.07) is -0.488. The van der Waals surface area contributed by atoms with E-state index in [2.05, 4.69) is 4.90 Å². The monoisotopic (exact) mass is 183 g/mol. The molecule has 0 spiro atoms. The van der Waals surface area contributed by atoms with Gasteiger partial charge in [-0.3, -0.25) is 4.79 Å². The van der Waals surface area contributed by atoms with Gasteiger partial charge in [-0.25, -0.2) is 0 Å². The first kappa shape index (κ1) is 8.97. The number of carbonyl (C=O) groups excluding carboxylic acids is 1. The van der Waals surface area contributed by atoms with Gasteiger partial charge < -0.3 is 16.4 Å². The summed E-state index contributed by atoms with van der Waals surface area (Å²) in [5.41, 5.74) is 10.7. The van der Waals surface area contributed by atoms with Gasteiger partial charge in [-0.2, -0.15) is 0 Å². The SMILES string of the molecule is NC(=O)C(N)CN1CC2CCC2C1. The van der Waals surface area contributed by atoms with Gasteiger partial charge in [0.05, 0.1) is 6.04 Å². The second kappa shape index (κ2) is 3.27. The molecule has 2 fully saturated rings. The van der Waals surface area contributed by atoms with Gasteiger partial charge >= 0.3 is 0 Å². The molecular weight excluding hydrogens is 166 g/mol. The Morgan fingerprint density at radius 3 is 2.31 bits per heavy atom. The van der Waals surface area contributed by atoms with Gasteiger partial charge in [-0.05, 0) is 24.7 Å². The lowest BCUT2D eigenvalue weighted by atomic mass is 9.77. The number of amides is 1. The Bertz CT molecular complexity index is 207. The van der Waals surface area contributed by atoms with E-state index < -0.39 is 6.04 Å². The highest BCUT2D eigenvalue weighted by molar-refractivity contribution is 5.79. The first-order chi connectivity index (χ1) is 6.16. The maximum Gasteiger partial charge on any atom is 0.235 e. The van der Waals surface area contributed by atoms with Crippen molar-refractivity contribution in [3.05, 3.63) is 0 Å². The first-order valence-electron chi connectivity index (χ1n) is 4.94. The molecule has 0 aromatic rings. The van der Waals surface area contributed by atoms with Crippen LogP contribution in [0.4, 0.5) is 0 Å². The molecule has 1 saturated heterocycles. The van der Waals surface area contributed by atoms with E-state index >= 15 is 0 Å². The molecular formula is C9H17N3O. The van der Waals surface area contributed by atoms with Crippen LogP contribution in [0.2, 0.25) is 0 Å². The van der Waals surface area contributed by atoms with Crippen molar-refractivity contribution >= 4 is 5.91 Å². The van der Waals surface area contributed by atoms with Gasteiger partial charge in [0.2, 0.25) is 5.91 Å². The van der Waals surface area contributed by atoms with E-state index in [4.69, 9.17) is 11.5 Å². The highest BCUT2D eigenvalue weighted by atomic mass is 16.1. The standard InChI is InChI=1S/C9H17N3O/c10-8(9(11)13)5-12-3-6-1-2-7(6)4-12/h6-8H,1-5,10H2,(H2,11,13). The number of likely N-dealkylation sites (tertiary alicyclic amines) is 1. The zero-order valence-electron chi connectivity index (χ0n) is 7.78. The fourth-order valence-electron chi connectivity index (χ4n) is 2.37. The summed E-state index contributed by atoms with van der Waals surface area (Å²) in [6.45, 7) is 2.87. The molecule has 0 aromatic heterocycles. The van der Waals surface area contributed by atoms with Gasteiger partial charge in [0, 0.05) is 19.6 Å². The molecule has 3 atom stereocenters. The van der Waals surface area contributed by atoms with Gasteiger partial charge in [0.25, 0.3) is 0 Å². The number of carbonyl (C=O) groups is 1. The molecule has 1 heterocycles. The van der Waals surface area contributed by atoms with Crippen molar-refractivity contribution < 1.29 is 4.79 Å². The Morgan fingerprint density at radius 1 is 1.38 bits per heavy atom. The van der Waals surface area contributed by atoms with Crippen LogP contribution in [-0.4, -0.2) is 36.5 Å². The predicted octanol–water partition coefficient (Wildman–Crippen LogP) is -0.859. The number of primary amides is 1. The van der Waals surface area contributed by atoms with Crippen molar-refractivity contribution in [2.24, 2.45) is 23.3 Å². The summed E-state index contributed by atoms with van der Waals surface area (Å²) in [7, 11) is 0. The zero-order chi connectivity index (χ0) is 9.42. The fourth-order valence-corrected chi connectivity index (χ4v) is 2.37. The Balaban J connectivity index is 1.79. The molecule has 3 unspecified atom stereocenters. The lowest BCUT2D eigenvalue weighted by Gasteiger charge is -2.28. The Labute approximate surface area is 78.2 Å². The topological polar surface area (TPSA) is 72.3 Å². The van der Waals surface area contributed by atoms with Gasteiger partial charge in [-0.15, -0.1) is 0 Å². The molecule has 1 saturated carbocycles. The van der Waals surface area contributed by atoms with E-state index in [1.807, 2.05) is 0 Å². The predicted molar refractivity (Wildman–Crippen MR) is 49.8 cm³/mol. The number of fused-ring (bicyclic) bond motifs is 1. The van der Waals surface area contributed by atoms with Crippen LogP contribution in [-0.2, 0) is 4.79 Å². The molecule has 4 N–H and O–H groups in total. The minimum atomic E-state index is -0.488. The third-order valence-corrected chi connectivity index (χ3v) is 3.38. The second-order valence-corrected chi connectivity index (χ2v) is 4.32. The fraction of sp³-hybridized carbons (Fsp3) is 0.889. The molecule has 0 aromatic carbocycles. The summed E-state index contributed by atoms with van der Waals surface area (Å²) in [5, 5.41) is 0. The van der Waals surface area contributed by atoms with Crippen LogP contribution in [0.5, 0.6) is 0 Å². The van der Waals surface area contributed by atoms with Crippen molar-refractivity contribution in [2.75, 3.05) is 19.6 Å². The normalized spacial score (nSPS) is 35.2. The van der Waals surface area contributed by atoms with E-state index in [1.54, 1.807) is 0 Å². The molecule has 4 nitrogen and oxygen atoms in total. The quantitative estimate of drug-likeness (QED) is 0.598. The third-order valence-electron chi connectivity index (χ3n) is 3.38. The van der Waals surface area contributed by atoms with Gasteiger partial charge in [-0.1, -0.05) is 0 Å². The van der Waals surface area contributed by atoms with Crippen LogP contribution in [0.15, 0.2) is 0 Å². The van der Waals surface area contributed by atoms with E-state index in [0.717, 1.165) is 24.9 Å². The number of hydrogen-bond acceptors (Lipinski definition) is 3. The lowest BCUT2D eigenvalue weighted by molar-refractivity contribution is -0.119. The van der Waals surface area contributed by atoms with Crippen molar-refractivity contribution in [3.63, 3.8) is 0 Å². The summed E-state index contributed by atoms with van der Waals surface area (Å²) in [4.78, 5) is 13.0. The summed E-state index contributed by atoms with van der Waals surface area (Å²) < 4.78 is 0. The molecule has 1 aliphatic carbocycles. The first-order valence-corrected chi connectivity index (χ1v) is 4.94. The van der Waals surface area contributed by atoms with Crippen LogP contribution >= 0.6 is 0 Å². The van der Waals surface area contributed by atoms with Crippen molar-refractivity contribution in [3.8, 4) is 0 Å². The molecule has 74 valence electrons. The molecule has 2 aliphatic rings. The smallest absolute Gasteiger partial charge is 0.235 e. The summed E-state index contributed by atoms with van der Waals surface area (Å²) in [6.07, 6.45) is 2.71. The average Bonchev–Trinajstić information content (AvgIpc) is 2.30. The summed E-state index contributed by atoms with van der Waals surface area (Å²) >= 11 is 0. The molecule has 0 radical (unpaired) electrons. The Hall–Kier alpha value is -0.610. The van der Waals surface area contributed by atoms with Crippen molar-refractivity contribution in [1.29, 1.82) is 0 Å². The van der Waals surface area contributed by atoms with Crippen molar-refractivity contribution in [2.45, 2.75) is 18.9 Å². The van der Waals surface area contributed by atoms with E-state index in [-0.39, 0.29) is 5.91 Å². The van der Waals surface area contributed by atoms with Gasteiger partial charge in [0.15, 0.2) is 0 Å². The van der Waals surface area contributed by atoms with Crippen LogP contribution in [0.25, 0.3) is 0 Å². The molecule has 0 bridgehead atoms. The molecule has 13 heavy (non-hydrogen) atoms. The number of hydrogen-bond donors (Lipinski definition) is 2.